The van der Waals surface area contributed by atoms with Crippen molar-refractivity contribution in [3.63, 3.8) is 0 Å². The molecule has 0 saturated heterocycles. The average molecular weight is 418 g/mol. The van der Waals surface area contributed by atoms with E-state index in [1.54, 1.807) is 12.3 Å². The molecule has 0 aliphatic rings. The van der Waals surface area contributed by atoms with Gasteiger partial charge in [0, 0.05) is 6.20 Å². The van der Waals surface area contributed by atoms with Gasteiger partial charge in [-0.05, 0) is 48.7 Å². The molecular weight excluding hydrogens is 390 g/mol. The van der Waals surface area contributed by atoms with E-state index in [0.717, 1.165) is 35.3 Å². The second-order valence-electron chi connectivity index (χ2n) is 7.32. The van der Waals surface area contributed by atoms with E-state index in [2.05, 4.69) is 17.5 Å². The molecule has 3 aromatic rings. The molecule has 0 bridgehead atoms. The van der Waals surface area contributed by atoms with E-state index in [9.17, 15) is 9.59 Å². The smallest absolute Gasteiger partial charge is 0.276 e. The third kappa shape index (κ3) is 6.40. The highest BCUT2D eigenvalue weighted by Gasteiger charge is 2.11. The van der Waals surface area contributed by atoms with Gasteiger partial charge in [0.25, 0.3) is 11.5 Å². The Bertz CT molecular complexity index is 1120. The summed E-state index contributed by atoms with van der Waals surface area (Å²) in [6, 6.07) is 18.6. The molecular formula is C25H27N3O3. The molecule has 0 unspecified atom stereocenters. The lowest BCUT2D eigenvalue weighted by Crippen LogP contribution is -2.30. The predicted octanol–water partition coefficient (Wildman–Crippen LogP) is 4.15. The van der Waals surface area contributed by atoms with Gasteiger partial charge in [0.2, 0.25) is 0 Å². The van der Waals surface area contributed by atoms with Crippen LogP contribution in [-0.4, -0.2) is 23.3 Å². The number of hydrogen-bond donors (Lipinski definition) is 1. The highest BCUT2D eigenvalue weighted by molar-refractivity contribution is 5.94. The first-order valence-corrected chi connectivity index (χ1v) is 10.4. The van der Waals surface area contributed by atoms with E-state index >= 15 is 0 Å². The zero-order chi connectivity index (χ0) is 22.1. The predicted molar refractivity (Wildman–Crippen MR) is 123 cm³/mol. The molecule has 0 fully saturated rings. The minimum absolute atomic E-state index is 0.0453. The molecule has 6 nitrogen and oxygen atoms in total. The van der Waals surface area contributed by atoms with Crippen LogP contribution in [0.3, 0.4) is 0 Å². The number of amides is 1. The summed E-state index contributed by atoms with van der Waals surface area (Å²) < 4.78 is 7.19. The lowest BCUT2D eigenvalue weighted by atomic mass is 10.1. The number of hydrazone groups is 1. The Kier molecular flexibility index (Phi) is 7.76. The van der Waals surface area contributed by atoms with Gasteiger partial charge in [-0.15, -0.1) is 0 Å². The molecule has 0 saturated carbocycles. The molecule has 1 heterocycles. The van der Waals surface area contributed by atoms with Crippen molar-refractivity contribution in [1.82, 2.24) is 9.99 Å². The quantitative estimate of drug-likeness (QED) is 0.323. The SMILES string of the molecule is CCCCOc1cccc(/C=N\NC(=O)c2cccn(Cc3cccc(C)c3)c2=O)c1. The molecule has 3 rings (SSSR count). The van der Waals surface area contributed by atoms with E-state index in [4.69, 9.17) is 4.74 Å². The maximum Gasteiger partial charge on any atom is 0.276 e. The van der Waals surface area contributed by atoms with E-state index in [0.29, 0.717) is 13.2 Å². The molecule has 1 N–H and O–H groups in total. The number of unbranched alkanes of at least 4 members (excludes halogenated alkanes) is 1. The van der Waals surface area contributed by atoms with Crippen molar-refractivity contribution in [1.29, 1.82) is 0 Å². The van der Waals surface area contributed by atoms with E-state index < -0.39 is 5.91 Å². The molecule has 0 aliphatic carbocycles. The first kappa shape index (κ1) is 22.0. The lowest BCUT2D eigenvalue weighted by Gasteiger charge is -2.08. The van der Waals surface area contributed by atoms with Crippen LogP contribution < -0.4 is 15.7 Å². The summed E-state index contributed by atoms with van der Waals surface area (Å²) in [5.41, 5.74) is 5.03. The molecule has 0 spiro atoms. The summed E-state index contributed by atoms with van der Waals surface area (Å²) in [5.74, 6) is 0.209. The van der Waals surface area contributed by atoms with Gasteiger partial charge in [-0.1, -0.05) is 55.3 Å². The molecule has 1 aromatic heterocycles. The highest BCUT2D eigenvalue weighted by atomic mass is 16.5. The van der Waals surface area contributed by atoms with E-state index in [-0.39, 0.29) is 11.1 Å². The van der Waals surface area contributed by atoms with Crippen molar-refractivity contribution in [2.75, 3.05) is 6.61 Å². The number of aryl methyl sites for hydroxylation is 1. The van der Waals surface area contributed by atoms with Gasteiger partial charge in [0.15, 0.2) is 0 Å². The molecule has 6 heteroatoms. The molecule has 1 amide bonds. The summed E-state index contributed by atoms with van der Waals surface area (Å²) >= 11 is 0. The van der Waals surface area contributed by atoms with E-state index in [1.807, 2.05) is 55.5 Å². The van der Waals surface area contributed by atoms with Crippen molar-refractivity contribution < 1.29 is 9.53 Å². The van der Waals surface area contributed by atoms with Crippen molar-refractivity contribution in [2.24, 2.45) is 5.10 Å². The first-order valence-electron chi connectivity index (χ1n) is 10.4. The van der Waals surface area contributed by atoms with Crippen LogP contribution in [0.15, 0.2) is 76.8 Å². The fourth-order valence-electron chi connectivity index (χ4n) is 3.09. The number of nitrogens with one attached hydrogen (secondary N) is 1. The highest BCUT2D eigenvalue weighted by Crippen LogP contribution is 2.12. The maximum atomic E-state index is 12.7. The van der Waals surface area contributed by atoms with Gasteiger partial charge in [0.1, 0.15) is 11.3 Å². The monoisotopic (exact) mass is 417 g/mol. The summed E-state index contributed by atoms with van der Waals surface area (Å²) in [7, 11) is 0. The standard InChI is InChI=1S/C25H27N3O3/c1-3-4-14-31-22-11-6-9-20(16-22)17-26-27-24(29)23-12-7-13-28(25(23)30)18-21-10-5-8-19(2)15-21/h5-13,15-17H,3-4,14,18H2,1-2H3,(H,27,29)/b26-17-. The number of aromatic nitrogens is 1. The largest absolute Gasteiger partial charge is 0.494 e. The number of pyridine rings is 1. The topological polar surface area (TPSA) is 72.7 Å². The maximum absolute atomic E-state index is 12.7. The number of benzene rings is 2. The van der Waals surface area contributed by atoms with Crippen molar-refractivity contribution in [3.05, 3.63) is 99.5 Å². The van der Waals surface area contributed by atoms with Gasteiger partial charge in [-0.3, -0.25) is 9.59 Å². The Balaban J connectivity index is 1.66. The normalized spacial score (nSPS) is 10.9. The van der Waals surface area contributed by atoms with Crippen LogP contribution in [0, 0.1) is 6.92 Å². The fraction of sp³-hybridized carbons (Fsp3) is 0.240. The number of ether oxygens (including phenoxy) is 1. The van der Waals surface area contributed by atoms with Gasteiger partial charge in [-0.25, -0.2) is 5.43 Å². The van der Waals surface area contributed by atoms with Gasteiger partial charge >= 0.3 is 0 Å². The summed E-state index contributed by atoms with van der Waals surface area (Å²) in [4.78, 5) is 25.2. The van der Waals surface area contributed by atoms with Crippen molar-refractivity contribution in [3.8, 4) is 5.75 Å². The van der Waals surface area contributed by atoms with Crippen LogP contribution in [-0.2, 0) is 6.54 Å². The van der Waals surface area contributed by atoms with Crippen LogP contribution in [0.5, 0.6) is 5.75 Å². The zero-order valence-corrected chi connectivity index (χ0v) is 17.9. The number of carbonyl (C=O) groups is 1. The number of carbonyl (C=O) groups excluding carboxylic acids is 1. The van der Waals surface area contributed by atoms with Crippen LogP contribution in [0.2, 0.25) is 0 Å². The zero-order valence-electron chi connectivity index (χ0n) is 17.9. The van der Waals surface area contributed by atoms with Gasteiger partial charge in [0.05, 0.1) is 19.4 Å². The Hall–Kier alpha value is -3.67. The first-order chi connectivity index (χ1) is 15.1. The lowest BCUT2D eigenvalue weighted by molar-refractivity contribution is 0.0953. The third-order valence-electron chi connectivity index (χ3n) is 4.70. The van der Waals surface area contributed by atoms with E-state index in [1.165, 1.54) is 16.8 Å². The van der Waals surface area contributed by atoms with Crippen LogP contribution in [0.1, 0.15) is 46.8 Å². The molecule has 31 heavy (non-hydrogen) atoms. The number of nitrogens with zero attached hydrogens (tertiary/aromatic N) is 2. The second-order valence-corrected chi connectivity index (χ2v) is 7.32. The Morgan fingerprint density at radius 3 is 2.77 bits per heavy atom. The van der Waals surface area contributed by atoms with Crippen LogP contribution in [0.4, 0.5) is 0 Å². The minimum atomic E-state index is -0.546. The fourth-order valence-corrected chi connectivity index (χ4v) is 3.09. The minimum Gasteiger partial charge on any atom is -0.494 e. The van der Waals surface area contributed by atoms with Crippen molar-refractivity contribution >= 4 is 12.1 Å². The molecule has 0 aliphatic heterocycles. The summed E-state index contributed by atoms with van der Waals surface area (Å²) in [6.07, 6.45) is 5.26. The molecule has 0 atom stereocenters. The Morgan fingerprint density at radius 1 is 1.13 bits per heavy atom. The Labute approximate surface area is 182 Å². The van der Waals surface area contributed by atoms with Crippen LogP contribution >= 0.6 is 0 Å². The third-order valence-corrected chi connectivity index (χ3v) is 4.70. The second kappa shape index (κ2) is 10.9. The van der Waals surface area contributed by atoms with Gasteiger partial charge in [-0.2, -0.15) is 5.10 Å². The average Bonchev–Trinajstić information content (AvgIpc) is 2.76. The molecule has 2 aromatic carbocycles. The number of rotatable bonds is 9. The Morgan fingerprint density at radius 2 is 1.97 bits per heavy atom. The van der Waals surface area contributed by atoms with Crippen LogP contribution in [0.25, 0.3) is 0 Å². The summed E-state index contributed by atoms with van der Waals surface area (Å²) in [5, 5.41) is 3.99. The number of hydrogen-bond acceptors (Lipinski definition) is 4. The molecule has 0 radical (unpaired) electrons. The summed E-state index contributed by atoms with van der Waals surface area (Å²) in [6.45, 7) is 5.17. The van der Waals surface area contributed by atoms with Gasteiger partial charge < -0.3 is 9.30 Å². The molecule has 160 valence electrons. The van der Waals surface area contributed by atoms with Crippen molar-refractivity contribution in [2.45, 2.75) is 33.2 Å².